The summed E-state index contributed by atoms with van der Waals surface area (Å²) in [6.07, 6.45) is 2.23. The molecule has 36 heavy (non-hydrogen) atoms. The van der Waals surface area contributed by atoms with Gasteiger partial charge < -0.3 is 19.1 Å². The molecule has 0 saturated heterocycles. The lowest BCUT2D eigenvalue weighted by molar-refractivity contribution is -0.146. The predicted octanol–water partition coefficient (Wildman–Crippen LogP) is 4.16. The van der Waals surface area contributed by atoms with Gasteiger partial charge in [0, 0.05) is 30.2 Å². The summed E-state index contributed by atoms with van der Waals surface area (Å²) in [4.78, 5) is 45.7. The Kier molecular flexibility index (Phi) is 11.0. The number of hydrogen-bond acceptors (Lipinski definition) is 8. The van der Waals surface area contributed by atoms with Gasteiger partial charge >= 0.3 is 17.9 Å². The summed E-state index contributed by atoms with van der Waals surface area (Å²) in [6.45, 7) is 10.0. The van der Waals surface area contributed by atoms with Crippen LogP contribution in [0.5, 0.6) is 0 Å². The van der Waals surface area contributed by atoms with Crippen molar-refractivity contribution < 1.29 is 28.6 Å². The molecule has 1 aromatic carbocycles. The average Bonchev–Trinajstić information content (AvgIpc) is 2.82. The molecule has 0 bridgehead atoms. The van der Waals surface area contributed by atoms with E-state index in [1.54, 1.807) is 40.7 Å². The number of benzene rings is 1. The molecular weight excluding hydrogens is 460 g/mol. The number of ether oxygens (including phenoxy) is 3. The van der Waals surface area contributed by atoms with Gasteiger partial charge in [-0.2, -0.15) is 0 Å². The summed E-state index contributed by atoms with van der Waals surface area (Å²) in [5.74, 6) is -2.91. The number of nitrogens with zero attached hydrogens (tertiary/aromatic N) is 2. The van der Waals surface area contributed by atoms with Crippen molar-refractivity contribution in [2.75, 3.05) is 40.5 Å². The van der Waals surface area contributed by atoms with E-state index in [1.165, 1.54) is 0 Å². The Labute approximate surface area is 214 Å². The van der Waals surface area contributed by atoms with E-state index in [1.807, 2.05) is 43.3 Å². The highest BCUT2D eigenvalue weighted by atomic mass is 16.5. The second kappa shape index (κ2) is 13.7. The Morgan fingerprint density at radius 3 is 2.25 bits per heavy atom. The van der Waals surface area contributed by atoms with Crippen molar-refractivity contribution in [3.8, 4) is 0 Å². The smallest absolute Gasteiger partial charge is 0.336 e. The zero-order valence-electron chi connectivity index (χ0n) is 22.4. The highest BCUT2D eigenvalue weighted by molar-refractivity contribution is 6.07. The standard InChI is InChI=1S/C28H38N2O6/c1-8-34-26(31)18(4)17-20-13-11-12-14-21(20)24-23(27(32)35-9-2)19(5)29-22(15-16-30(6)7)25(24)28(33)36-10-3/h11-14,17,23-24H,8-10,15-16H2,1-7H3. The summed E-state index contributed by atoms with van der Waals surface area (Å²) in [5.41, 5.74) is 3.32. The van der Waals surface area contributed by atoms with Gasteiger partial charge in [-0.05, 0) is 65.9 Å². The molecule has 2 rings (SSSR count). The van der Waals surface area contributed by atoms with Crippen molar-refractivity contribution in [2.45, 2.75) is 47.0 Å². The largest absolute Gasteiger partial charge is 0.465 e. The molecule has 1 aliphatic rings. The molecule has 0 radical (unpaired) electrons. The van der Waals surface area contributed by atoms with Gasteiger partial charge in [-0.25, -0.2) is 9.59 Å². The van der Waals surface area contributed by atoms with Crippen LogP contribution in [0.3, 0.4) is 0 Å². The Morgan fingerprint density at radius 2 is 1.64 bits per heavy atom. The van der Waals surface area contributed by atoms with E-state index in [0.29, 0.717) is 46.6 Å². The maximum atomic E-state index is 13.4. The first-order valence-electron chi connectivity index (χ1n) is 12.4. The molecule has 0 amide bonds. The highest BCUT2D eigenvalue weighted by Gasteiger charge is 2.43. The molecule has 0 spiro atoms. The topological polar surface area (TPSA) is 94.5 Å². The SMILES string of the molecule is CCOC(=O)C(C)=Cc1ccccc1C1C(C(=O)OCC)=C(CCN(C)C)N=C(C)C1C(=O)OCC. The van der Waals surface area contributed by atoms with Gasteiger partial charge in [-0.3, -0.25) is 9.79 Å². The Morgan fingerprint density at radius 1 is 1.00 bits per heavy atom. The second-order valence-electron chi connectivity index (χ2n) is 8.77. The van der Waals surface area contributed by atoms with Crippen molar-refractivity contribution in [3.05, 3.63) is 52.2 Å². The summed E-state index contributed by atoms with van der Waals surface area (Å²) in [6, 6.07) is 7.40. The van der Waals surface area contributed by atoms with Crippen LogP contribution in [0.15, 0.2) is 46.1 Å². The minimum Gasteiger partial charge on any atom is -0.465 e. The molecule has 0 saturated carbocycles. The molecule has 1 aromatic rings. The molecule has 0 N–H and O–H groups in total. The van der Waals surface area contributed by atoms with Crippen LogP contribution in [-0.2, 0) is 28.6 Å². The number of carbonyl (C=O) groups is 3. The maximum Gasteiger partial charge on any atom is 0.336 e. The van der Waals surface area contributed by atoms with Gasteiger partial charge in [0.2, 0.25) is 0 Å². The van der Waals surface area contributed by atoms with E-state index in [4.69, 9.17) is 19.2 Å². The molecule has 0 fully saturated rings. The summed E-state index contributed by atoms with van der Waals surface area (Å²) in [7, 11) is 3.89. The van der Waals surface area contributed by atoms with Gasteiger partial charge in [0.05, 0.1) is 31.1 Å². The minimum absolute atomic E-state index is 0.187. The maximum absolute atomic E-state index is 13.4. The number of aliphatic imine (C=N–C) groups is 1. The van der Waals surface area contributed by atoms with Crippen molar-refractivity contribution in [1.82, 2.24) is 4.90 Å². The van der Waals surface area contributed by atoms with Crippen LogP contribution >= 0.6 is 0 Å². The summed E-state index contributed by atoms with van der Waals surface area (Å²) in [5, 5.41) is 0. The number of esters is 3. The summed E-state index contributed by atoms with van der Waals surface area (Å²) < 4.78 is 16.0. The predicted molar refractivity (Wildman–Crippen MR) is 140 cm³/mol. The van der Waals surface area contributed by atoms with E-state index < -0.39 is 29.7 Å². The molecule has 2 atom stereocenters. The molecule has 196 valence electrons. The third kappa shape index (κ3) is 7.13. The quantitative estimate of drug-likeness (QED) is 0.257. The van der Waals surface area contributed by atoms with Crippen LogP contribution in [0.1, 0.15) is 58.1 Å². The third-order valence-electron chi connectivity index (χ3n) is 5.85. The van der Waals surface area contributed by atoms with E-state index in [2.05, 4.69) is 0 Å². The molecule has 8 heteroatoms. The fraction of sp³-hybridized carbons (Fsp3) is 0.500. The van der Waals surface area contributed by atoms with Crippen molar-refractivity contribution in [1.29, 1.82) is 0 Å². The molecule has 8 nitrogen and oxygen atoms in total. The molecule has 1 aliphatic heterocycles. The van der Waals surface area contributed by atoms with Crippen LogP contribution in [0.4, 0.5) is 0 Å². The lowest BCUT2D eigenvalue weighted by atomic mass is 9.73. The first-order valence-corrected chi connectivity index (χ1v) is 12.4. The first kappa shape index (κ1) is 29.0. The van der Waals surface area contributed by atoms with Gasteiger partial charge in [-0.1, -0.05) is 24.3 Å². The lowest BCUT2D eigenvalue weighted by Gasteiger charge is -2.33. The van der Waals surface area contributed by atoms with Crippen LogP contribution in [0, 0.1) is 5.92 Å². The molecular formula is C28H38N2O6. The number of carbonyl (C=O) groups excluding carboxylic acids is 3. The molecule has 0 aromatic heterocycles. The first-order chi connectivity index (χ1) is 17.2. The van der Waals surface area contributed by atoms with Crippen LogP contribution in [0.25, 0.3) is 6.08 Å². The van der Waals surface area contributed by atoms with Gasteiger partial charge in [0.15, 0.2) is 0 Å². The van der Waals surface area contributed by atoms with Gasteiger partial charge in [0.1, 0.15) is 5.92 Å². The number of rotatable bonds is 11. The molecule has 2 unspecified atom stereocenters. The van der Waals surface area contributed by atoms with Crippen LogP contribution < -0.4 is 0 Å². The van der Waals surface area contributed by atoms with E-state index >= 15 is 0 Å². The number of hydrogen-bond donors (Lipinski definition) is 0. The molecule has 1 heterocycles. The monoisotopic (exact) mass is 498 g/mol. The van der Waals surface area contributed by atoms with E-state index in [0.717, 1.165) is 0 Å². The third-order valence-corrected chi connectivity index (χ3v) is 5.85. The minimum atomic E-state index is -0.815. The zero-order chi connectivity index (χ0) is 26.8. The van der Waals surface area contributed by atoms with Gasteiger partial charge in [-0.15, -0.1) is 0 Å². The Hall–Kier alpha value is -3.26. The normalized spacial score (nSPS) is 18.1. The van der Waals surface area contributed by atoms with Crippen LogP contribution in [0.2, 0.25) is 0 Å². The lowest BCUT2D eigenvalue weighted by Crippen LogP contribution is -2.37. The van der Waals surface area contributed by atoms with E-state index in [-0.39, 0.29) is 19.8 Å². The molecule has 0 aliphatic carbocycles. The van der Waals surface area contributed by atoms with Crippen LogP contribution in [-0.4, -0.2) is 69.0 Å². The zero-order valence-corrected chi connectivity index (χ0v) is 22.4. The Balaban J connectivity index is 2.81. The van der Waals surface area contributed by atoms with Crippen molar-refractivity contribution >= 4 is 29.7 Å². The fourth-order valence-electron chi connectivity index (χ4n) is 4.24. The van der Waals surface area contributed by atoms with Gasteiger partial charge in [0.25, 0.3) is 0 Å². The average molecular weight is 499 g/mol. The summed E-state index contributed by atoms with van der Waals surface area (Å²) >= 11 is 0. The van der Waals surface area contributed by atoms with Crippen molar-refractivity contribution in [2.24, 2.45) is 10.9 Å². The second-order valence-corrected chi connectivity index (χ2v) is 8.77. The van der Waals surface area contributed by atoms with E-state index in [9.17, 15) is 14.4 Å². The Bertz CT molecular complexity index is 1050. The fourth-order valence-corrected chi connectivity index (χ4v) is 4.24. The van der Waals surface area contributed by atoms with Crippen molar-refractivity contribution in [3.63, 3.8) is 0 Å². The highest BCUT2D eigenvalue weighted by Crippen LogP contribution is 2.42.